The van der Waals surface area contributed by atoms with Crippen LogP contribution in [0.1, 0.15) is 10.4 Å². The molecule has 0 fully saturated rings. The summed E-state index contributed by atoms with van der Waals surface area (Å²) in [4.78, 5) is 1.48. The van der Waals surface area contributed by atoms with Gasteiger partial charge in [-0.05, 0) is 29.9 Å². The van der Waals surface area contributed by atoms with Crippen LogP contribution in [-0.2, 0) is 12.8 Å². The van der Waals surface area contributed by atoms with Crippen molar-refractivity contribution in [1.29, 1.82) is 0 Å². The molecule has 1 heteroatoms. The Morgan fingerprint density at radius 1 is 0.846 bits per heavy atom. The smallest absolute Gasteiger partial charge is 0.00485 e. The van der Waals surface area contributed by atoms with E-state index in [4.69, 9.17) is 0 Å². The van der Waals surface area contributed by atoms with Gasteiger partial charge in [0.05, 0.1) is 0 Å². The van der Waals surface area contributed by atoms with Gasteiger partial charge in [-0.2, -0.15) is 0 Å². The summed E-state index contributed by atoms with van der Waals surface area (Å²) in [5, 5.41) is 2.14. The van der Waals surface area contributed by atoms with Gasteiger partial charge in [0.25, 0.3) is 0 Å². The van der Waals surface area contributed by atoms with Gasteiger partial charge in [-0.3, -0.25) is 0 Å². The lowest BCUT2D eigenvalue weighted by molar-refractivity contribution is 0.981. The van der Waals surface area contributed by atoms with E-state index in [2.05, 4.69) is 47.8 Å². The van der Waals surface area contributed by atoms with Crippen LogP contribution in [0.25, 0.3) is 0 Å². The van der Waals surface area contributed by atoms with E-state index < -0.39 is 0 Å². The van der Waals surface area contributed by atoms with E-state index in [1.807, 2.05) is 11.3 Å². The molecule has 0 atom stereocenters. The first-order chi connectivity index (χ1) is 6.45. The second kappa shape index (κ2) is 4.24. The quantitative estimate of drug-likeness (QED) is 0.691. The van der Waals surface area contributed by atoms with Crippen LogP contribution < -0.4 is 0 Å². The van der Waals surface area contributed by atoms with Gasteiger partial charge in [-0.15, -0.1) is 11.3 Å². The molecule has 66 valence electrons. The molecule has 0 aliphatic rings. The minimum absolute atomic E-state index is 1.15. The number of hydrogen-bond acceptors (Lipinski definition) is 1. The number of hydrogen-bond donors (Lipinski definition) is 0. The van der Waals surface area contributed by atoms with E-state index in [1.165, 1.54) is 16.9 Å². The molecule has 0 radical (unpaired) electrons. The van der Waals surface area contributed by atoms with Gasteiger partial charge >= 0.3 is 0 Å². The molecule has 0 aliphatic heterocycles. The third-order valence-corrected chi connectivity index (χ3v) is 3.02. The third kappa shape index (κ3) is 2.43. The first-order valence-corrected chi connectivity index (χ1v) is 5.39. The molecule has 0 saturated heterocycles. The summed E-state index contributed by atoms with van der Waals surface area (Å²) in [6.45, 7) is 0. The first-order valence-electron chi connectivity index (χ1n) is 4.51. The topological polar surface area (TPSA) is 0 Å². The number of aryl methyl sites for hydroxylation is 2. The van der Waals surface area contributed by atoms with Crippen LogP contribution in [0.2, 0.25) is 0 Å². The average molecular weight is 188 g/mol. The van der Waals surface area contributed by atoms with Gasteiger partial charge in [0.15, 0.2) is 0 Å². The molecule has 13 heavy (non-hydrogen) atoms. The van der Waals surface area contributed by atoms with E-state index in [0.29, 0.717) is 0 Å². The Hall–Kier alpha value is -1.08. The van der Waals surface area contributed by atoms with Crippen LogP contribution in [0.15, 0.2) is 47.8 Å². The Morgan fingerprint density at radius 2 is 1.69 bits per heavy atom. The molecule has 0 bridgehead atoms. The molecule has 1 aromatic carbocycles. The second-order valence-corrected chi connectivity index (χ2v) is 4.10. The fraction of sp³-hybridized carbons (Fsp3) is 0.167. The van der Waals surface area contributed by atoms with Crippen molar-refractivity contribution >= 4 is 11.3 Å². The van der Waals surface area contributed by atoms with E-state index in [-0.39, 0.29) is 0 Å². The summed E-state index contributed by atoms with van der Waals surface area (Å²) >= 11 is 1.84. The van der Waals surface area contributed by atoms with Gasteiger partial charge in [0.2, 0.25) is 0 Å². The fourth-order valence-corrected chi connectivity index (χ4v) is 2.08. The molecule has 0 amide bonds. The monoisotopic (exact) mass is 188 g/mol. The maximum atomic E-state index is 2.20. The zero-order valence-electron chi connectivity index (χ0n) is 7.44. The average Bonchev–Trinajstić information content (AvgIpc) is 2.69. The zero-order chi connectivity index (χ0) is 8.93. The van der Waals surface area contributed by atoms with Crippen LogP contribution in [0.3, 0.4) is 0 Å². The van der Waals surface area contributed by atoms with Crippen molar-refractivity contribution < 1.29 is 0 Å². The SMILES string of the molecule is c1ccc(CCc2cccs2)cc1. The van der Waals surface area contributed by atoms with Crippen molar-refractivity contribution in [1.82, 2.24) is 0 Å². The minimum atomic E-state index is 1.15. The molecule has 0 spiro atoms. The van der Waals surface area contributed by atoms with Gasteiger partial charge in [-0.1, -0.05) is 36.4 Å². The largest absolute Gasteiger partial charge is 0.149 e. The van der Waals surface area contributed by atoms with Crippen LogP contribution in [0.4, 0.5) is 0 Å². The molecular formula is C12H12S. The van der Waals surface area contributed by atoms with Crippen molar-refractivity contribution in [3.05, 3.63) is 58.3 Å². The number of rotatable bonds is 3. The molecule has 1 aromatic heterocycles. The Bertz CT molecular complexity index is 335. The van der Waals surface area contributed by atoms with Gasteiger partial charge in [0, 0.05) is 4.88 Å². The summed E-state index contributed by atoms with van der Waals surface area (Å²) in [6.07, 6.45) is 2.32. The molecule has 0 aliphatic carbocycles. The highest BCUT2D eigenvalue weighted by Gasteiger charge is 1.94. The summed E-state index contributed by atoms with van der Waals surface area (Å²) in [6, 6.07) is 15.0. The Morgan fingerprint density at radius 3 is 2.38 bits per heavy atom. The molecule has 2 rings (SSSR count). The van der Waals surface area contributed by atoms with E-state index >= 15 is 0 Å². The van der Waals surface area contributed by atoms with Crippen LogP contribution >= 0.6 is 11.3 Å². The van der Waals surface area contributed by atoms with Crippen LogP contribution in [0.5, 0.6) is 0 Å². The lowest BCUT2D eigenvalue weighted by Crippen LogP contribution is -1.87. The summed E-state index contributed by atoms with van der Waals surface area (Å²) in [7, 11) is 0. The van der Waals surface area contributed by atoms with E-state index in [0.717, 1.165) is 6.42 Å². The maximum absolute atomic E-state index is 2.20. The highest BCUT2D eigenvalue weighted by atomic mass is 32.1. The van der Waals surface area contributed by atoms with Crippen molar-refractivity contribution in [2.24, 2.45) is 0 Å². The summed E-state index contributed by atoms with van der Waals surface area (Å²) in [5.41, 5.74) is 1.43. The van der Waals surface area contributed by atoms with Crippen molar-refractivity contribution in [3.8, 4) is 0 Å². The zero-order valence-corrected chi connectivity index (χ0v) is 8.26. The predicted molar refractivity (Wildman–Crippen MR) is 58.2 cm³/mol. The van der Waals surface area contributed by atoms with E-state index in [1.54, 1.807) is 0 Å². The molecule has 0 N–H and O–H groups in total. The molecule has 0 nitrogen and oxygen atoms in total. The summed E-state index contributed by atoms with van der Waals surface area (Å²) in [5.74, 6) is 0. The lowest BCUT2D eigenvalue weighted by atomic mass is 10.1. The first kappa shape index (κ1) is 8.52. The third-order valence-electron chi connectivity index (χ3n) is 2.08. The van der Waals surface area contributed by atoms with Crippen molar-refractivity contribution in [3.63, 3.8) is 0 Å². The standard InChI is InChI=1S/C12H12S/c1-2-5-11(6-3-1)8-9-12-7-4-10-13-12/h1-7,10H,8-9H2. The minimum Gasteiger partial charge on any atom is -0.149 e. The second-order valence-electron chi connectivity index (χ2n) is 3.06. The van der Waals surface area contributed by atoms with E-state index in [9.17, 15) is 0 Å². The Kier molecular flexibility index (Phi) is 2.78. The van der Waals surface area contributed by atoms with Gasteiger partial charge < -0.3 is 0 Å². The molecule has 2 aromatic rings. The van der Waals surface area contributed by atoms with Crippen molar-refractivity contribution in [2.75, 3.05) is 0 Å². The van der Waals surface area contributed by atoms with Gasteiger partial charge in [-0.25, -0.2) is 0 Å². The van der Waals surface area contributed by atoms with Crippen LogP contribution in [0, 0.1) is 0 Å². The van der Waals surface area contributed by atoms with Crippen molar-refractivity contribution in [2.45, 2.75) is 12.8 Å². The number of benzene rings is 1. The molecular weight excluding hydrogens is 176 g/mol. The molecule has 0 saturated carbocycles. The lowest BCUT2D eigenvalue weighted by Gasteiger charge is -1.98. The predicted octanol–water partition coefficient (Wildman–Crippen LogP) is 3.53. The highest BCUT2D eigenvalue weighted by Crippen LogP contribution is 2.12. The fourth-order valence-electron chi connectivity index (χ4n) is 1.37. The molecule has 1 heterocycles. The Balaban J connectivity index is 1.94. The van der Waals surface area contributed by atoms with Crippen LogP contribution in [-0.4, -0.2) is 0 Å². The number of thiophene rings is 1. The molecule has 0 unspecified atom stereocenters. The van der Waals surface area contributed by atoms with Gasteiger partial charge in [0.1, 0.15) is 0 Å². The normalized spacial score (nSPS) is 10.2. The summed E-state index contributed by atoms with van der Waals surface area (Å²) < 4.78 is 0. The highest BCUT2D eigenvalue weighted by molar-refractivity contribution is 7.09. The Labute approximate surface area is 82.9 Å². The maximum Gasteiger partial charge on any atom is 0.00485 e.